The van der Waals surface area contributed by atoms with Crippen LogP contribution in [0.4, 0.5) is 0 Å². The Morgan fingerprint density at radius 3 is 2.67 bits per heavy atom. The van der Waals surface area contributed by atoms with E-state index in [1.165, 1.54) is 11.8 Å². The summed E-state index contributed by atoms with van der Waals surface area (Å²) in [6.07, 6.45) is 3.55. The number of amides is 1. The normalized spacial score (nSPS) is 38.4. The maximum Gasteiger partial charge on any atom is 0.304 e. The van der Waals surface area contributed by atoms with Gasteiger partial charge >= 0.3 is 5.97 Å². The van der Waals surface area contributed by atoms with E-state index in [4.69, 9.17) is 26.2 Å². The van der Waals surface area contributed by atoms with Crippen molar-refractivity contribution in [2.45, 2.75) is 74.4 Å². The Balaban J connectivity index is 1.57. The summed E-state index contributed by atoms with van der Waals surface area (Å²) >= 11 is 8.11. The van der Waals surface area contributed by atoms with Gasteiger partial charge in [-0.05, 0) is 25.5 Å². The number of carbonyl (C=O) groups is 2. The Kier molecular flexibility index (Phi) is 7.62. The van der Waals surface area contributed by atoms with E-state index in [2.05, 4.69) is 17.1 Å². The molecule has 8 nitrogen and oxygen atoms in total. The summed E-state index contributed by atoms with van der Waals surface area (Å²) in [7, 11) is 0. The lowest BCUT2D eigenvalue weighted by atomic mass is 9.86. The van der Waals surface area contributed by atoms with Gasteiger partial charge < -0.3 is 29.9 Å². The average Bonchev–Trinajstić information content (AvgIpc) is 2.66. The molecule has 0 spiro atoms. The zero-order chi connectivity index (χ0) is 22.1. The lowest BCUT2D eigenvalue weighted by Gasteiger charge is -2.57. The number of nitrogens with zero attached hydrogens (tertiary/aromatic N) is 1. The number of hydrogen-bond acceptors (Lipinski definition) is 7. The number of carboxylic acids is 1. The van der Waals surface area contributed by atoms with Gasteiger partial charge in [0, 0.05) is 32.5 Å². The quantitative estimate of drug-likeness (QED) is 0.350. The molecule has 0 aromatic heterocycles. The van der Waals surface area contributed by atoms with Gasteiger partial charge in [-0.1, -0.05) is 24.9 Å². The van der Waals surface area contributed by atoms with Gasteiger partial charge in [-0.2, -0.15) is 0 Å². The Labute approximate surface area is 187 Å². The van der Waals surface area contributed by atoms with Crippen LogP contribution in [-0.4, -0.2) is 81.3 Å². The molecule has 0 saturated carbocycles. The molecule has 5 unspecified atom stereocenters. The predicted molar refractivity (Wildman–Crippen MR) is 114 cm³/mol. The van der Waals surface area contributed by atoms with E-state index in [0.29, 0.717) is 25.4 Å². The summed E-state index contributed by atoms with van der Waals surface area (Å²) in [4.78, 5) is 25.0. The van der Waals surface area contributed by atoms with Crippen LogP contribution in [0.25, 0.3) is 0 Å². The topological polar surface area (TPSA) is 108 Å². The number of halogens is 1. The highest BCUT2D eigenvalue weighted by Crippen LogP contribution is 2.49. The standard InChI is InChI=1S/C20H33ClN2O6S/c1-4-12-7-13(10-23(9-12)6-5-15(24)25)17(27)22-19(2,21)11-20-8-14(28-20)16(26)18(29-20)30-3/h12-14,16,18,26H,4-11H2,1-3H3,(H,22,27)(H,24,25)/t12?,13?,14?,16-,18+,19?,20?/m0/s1. The van der Waals surface area contributed by atoms with Crippen LogP contribution in [0, 0.1) is 11.8 Å². The molecule has 4 heterocycles. The van der Waals surface area contributed by atoms with Crippen molar-refractivity contribution in [1.29, 1.82) is 0 Å². The van der Waals surface area contributed by atoms with Crippen LogP contribution in [0.5, 0.6) is 0 Å². The largest absolute Gasteiger partial charge is 0.481 e. The number of thioether (sulfide) groups is 1. The number of aliphatic hydroxyl groups is 1. The van der Waals surface area contributed by atoms with Crippen LogP contribution in [0.3, 0.4) is 0 Å². The molecule has 4 fully saturated rings. The molecular weight excluding hydrogens is 432 g/mol. The number of fused-ring (bicyclic) bond motifs is 2. The predicted octanol–water partition coefficient (Wildman–Crippen LogP) is 1.84. The first-order valence-corrected chi connectivity index (χ1v) is 12.2. The van der Waals surface area contributed by atoms with Gasteiger partial charge in [0.25, 0.3) is 0 Å². The minimum absolute atomic E-state index is 0.0683. The van der Waals surface area contributed by atoms with Crippen molar-refractivity contribution in [2.75, 3.05) is 25.9 Å². The molecule has 3 N–H and O–H groups in total. The van der Waals surface area contributed by atoms with Crippen LogP contribution in [0.1, 0.15) is 46.0 Å². The van der Waals surface area contributed by atoms with Crippen LogP contribution < -0.4 is 5.32 Å². The number of hydrogen-bond donors (Lipinski definition) is 3. The molecule has 0 radical (unpaired) electrons. The van der Waals surface area contributed by atoms with E-state index in [-0.39, 0.29) is 36.2 Å². The molecule has 2 bridgehead atoms. The van der Waals surface area contributed by atoms with Crippen molar-refractivity contribution in [1.82, 2.24) is 10.2 Å². The zero-order valence-electron chi connectivity index (χ0n) is 17.8. The first kappa shape index (κ1) is 24.1. The van der Waals surface area contributed by atoms with Crippen molar-refractivity contribution >= 4 is 35.2 Å². The minimum Gasteiger partial charge on any atom is -0.481 e. The number of ether oxygens (including phenoxy) is 2. The number of likely N-dealkylation sites (tertiary alicyclic amines) is 1. The molecule has 0 aromatic carbocycles. The number of aliphatic carboxylic acids is 1. The molecule has 4 saturated heterocycles. The first-order chi connectivity index (χ1) is 14.1. The summed E-state index contributed by atoms with van der Waals surface area (Å²) in [5.41, 5.74) is -0.368. The molecule has 30 heavy (non-hydrogen) atoms. The molecular formula is C20H33ClN2O6S. The molecule has 4 aliphatic rings. The average molecular weight is 465 g/mol. The molecule has 0 aromatic rings. The number of piperidine rings is 1. The third-order valence-electron chi connectivity index (χ3n) is 6.29. The van der Waals surface area contributed by atoms with Crippen LogP contribution in [0.15, 0.2) is 0 Å². The summed E-state index contributed by atoms with van der Waals surface area (Å²) in [6.45, 7) is 5.62. The zero-order valence-corrected chi connectivity index (χ0v) is 19.4. The van der Waals surface area contributed by atoms with E-state index >= 15 is 0 Å². The third-order valence-corrected chi connectivity index (χ3v) is 7.36. The highest BCUT2D eigenvalue weighted by molar-refractivity contribution is 7.99. The monoisotopic (exact) mass is 464 g/mol. The molecule has 4 rings (SSSR count). The van der Waals surface area contributed by atoms with Crippen LogP contribution in [0.2, 0.25) is 0 Å². The smallest absolute Gasteiger partial charge is 0.304 e. The van der Waals surface area contributed by atoms with Crippen LogP contribution in [-0.2, 0) is 19.1 Å². The number of aliphatic hydroxyl groups excluding tert-OH is 1. The second-order valence-electron chi connectivity index (χ2n) is 8.96. The Bertz CT molecular complexity index is 645. The summed E-state index contributed by atoms with van der Waals surface area (Å²) in [5.74, 6) is -1.73. The Hall–Kier alpha value is -0.580. The first-order valence-electron chi connectivity index (χ1n) is 10.6. The van der Waals surface area contributed by atoms with Gasteiger partial charge in [-0.15, -0.1) is 11.8 Å². The number of carbonyl (C=O) groups excluding carboxylic acids is 1. The van der Waals surface area contributed by atoms with E-state index in [0.717, 1.165) is 19.4 Å². The van der Waals surface area contributed by atoms with Gasteiger partial charge in [0.05, 0.1) is 18.4 Å². The number of rotatable bonds is 9. The minimum atomic E-state index is -1.06. The molecule has 0 aliphatic carbocycles. The maximum atomic E-state index is 13.0. The fourth-order valence-corrected chi connectivity index (χ4v) is 5.80. The highest BCUT2D eigenvalue weighted by atomic mass is 35.5. The SMILES string of the molecule is CCC1CC(C(=O)NC(C)(Cl)CC23CC(O2)[C@H](O)[C@@H](SC)O3)CN(CCC(=O)O)C1. The fraction of sp³-hybridized carbons (Fsp3) is 0.900. The maximum absolute atomic E-state index is 13.0. The molecule has 7 atom stereocenters. The van der Waals surface area contributed by atoms with E-state index in [1.54, 1.807) is 6.92 Å². The Morgan fingerprint density at radius 2 is 2.07 bits per heavy atom. The lowest BCUT2D eigenvalue weighted by molar-refractivity contribution is -0.413. The summed E-state index contributed by atoms with van der Waals surface area (Å²) in [6, 6.07) is 0. The fourth-order valence-electron chi connectivity index (χ4n) is 4.77. The van der Waals surface area contributed by atoms with Gasteiger partial charge in [-0.25, -0.2) is 0 Å². The van der Waals surface area contributed by atoms with Crippen molar-refractivity contribution in [3.63, 3.8) is 0 Å². The van der Waals surface area contributed by atoms with E-state index < -0.39 is 22.9 Å². The van der Waals surface area contributed by atoms with Gasteiger partial charge in [-0.3, -0.25) is 9.59 Å². The van der Waals surface area contributed by atoms with Crippen molar-refractivity contribution in [2.24, 2.45) is 11.8 Å². The number of alkyl halides is 1. The van der Waals surface area contributed by atoms with E-state index in [9.17, 15) is 14.7 Å². The van der Waals surface area contributed by atoms with Crippen molar-refractivity contribution < 1.29 is 29.3 Å². The molecule has 4 aliphatic heterocycles. The van der Waals surface area contributed by atoms with Crippen LogP contribution >= 0.6 is 23.4 Å². The summed E-state index contributed by atoms with van der Waals surface area (Å²) in [5, 5.41) is 22.1. The van der Waals surface area contributed by atoms with Gasteiger partial charge in [0.1, 0.15) is 16.5 Å². The molecule has 172 valence electrons. The second kappa shape index (κ2) is 9.50. The van der Waals surface area contributed by atoms with Gasteiger partial charge in [0.2, 0.25) is 5.91 Å². The van der Waals surface area contributed by atoms with Crippen molar-refractivity contribution in [3.05, 3.63) is 0 Å². The molecule has 10 heteroatoms. The van der Waals surface area contributed by atoms with Crippen molar-refractivity contribution in [3.8, 4) is 0 Å². The summed E-state index contributed by atoms with van der Waals surface area (Å²) < 4.78 is 11.8. The number of nitrogens with one attached hydrogen (secondary N) is 1. The number of carboxylic acid groups (broad SMARTS) is 1. The van der Waals surface area contributed by atoms with E-state index in [1.807, 2.05) is 6.26 Å². The Morgan fingerprint density at radius 1 is 1.37 bits per heavy atom. The third kappa shape index (κ3) is 5.61. The second-order valence-corrected chi connectivity index (χ2v) is 10.7. The highest BCUT2D eigenvalue weighted by Gasteiger charge is 2.60. The van der Waals surface area contributed by atoms with Gasteiger partial charge in [0.15, 0.2) is 5.79 Å². The molecule has 1 amide bonds. The lowest BCUT2D eigenvalue weighted by Crippen LogP contribution is -2.68.